The van der Waals surface area contributed by atoms with Gasteiger partial charge >= 0.3 is 5.97 Å². The van der Waals surface area contributed by atoms with Crippen LogP contribution in [0.3, 0.4) is 0 Å². The van der Waals surface area contributed by atoms with E-state index < -0.39 is 0 Å². The molecule has 0 bridgehead atoms. The Labute approximate surface area is 92.6 Å². The van der Waals surface area contributed by atoms with Crippen molar-refractivity contribution in [3.63, 3.8) is 0 Å². The SMILES string of the molecule is CCCCOC(=O)C(C)CNC(C)CN. The summed E-state index contributed by atoms with van der Waals surface area (Å²) in [6.45, 7) is 7.68. The number of hydrogen-bond acceptors (Lipinski definition) is 4. The fourth-order valence-corrected chi connectivity index (χ4v) is 1.00. The van der Waals surface area contributed by atoms with Gasteiger partial charge in [0, 0.05) is 19.1 Å². The number of nitrogens with two attached hydrogens (primary N) is 1. The third kappa shape index (κ3) is 7.33. The summed E-state index contributed by atoms with van der Waals surface area (Å²) in [5.41, 5.74) is 5.45. The smallest absolute Gasteiger partial charge is 0.309 e. The van der Waals surface area contributed by atoms with E-state index in [-0.39, 0.29) is 17.9 Å². The molecular weight excluding hydrogens is 192 g/mol. The second-order valence-electron chi connectivity index (χ2n) is 3.97. The standard InChI is InChI=1S/C11H24N2O2/c1-4-5-6-15-11(14)9(2)8-13-10(3)7-12/h9-10,13H,4-8,12H2,1-3H3. The third-order valence-corrected chi connectivity index (χ3v) is 2.27. The highest BCUT2D eigenvalue weighted by atomic mass is 16.5. The zero-order valence-corrected chi connectivity index (χ0v) is 10.1. The lowest BCUT2D eigenvalue weighted by Crippen LogP contribution is -2.38. The van der Waals surface area contributed by atoms with E-state index in [1.807, 2.05) is 13.8 Å². The molecule has 0 aliphatic heterocycles. The van der Waals surface area contributed by atoms with Crippen LogP contribution in [0.1, 0.15) is 33.6 Å². The molecule has 15 heavy (non-hydrogen) atoms. The molecular formula is C11H24N2O2. The molecule has 0 rings (SSSR count). The maximum atomic E-state index is 11.4. The van der Waals surface area contributed by atoms with E-state index in [2.05, 4.69) is 12.2 Å². The number of esters is 1. The lowest BCUT2D eigenvalue weighted by molar-refractivity contribution is -0.147. The molecule has 0 aromatic rings. The minimum atomic E-state index is -0.125. The van der Waals surface area contributed by atoms with Crippen molar-refractivity contribution in [2.24, 2.45) is 11.7 Å². The van der Waals surface area contributed by atoms with Crippen LogP contribution in [-0.2, 0) is 9.53 Å². The van der Waals surface area contributed by atoms with Gasteiger partial charge in [-0.2, -0.15) is 0 Å². The fourth-order valence-electron chi connectivity index (χ4n) is 1.00. The molecule has 0 amide bonds. The van der Waals surface area contributed by atoms with Gasteiger partial charge in [-0.15, -0.1) is 0 Å². The van der Waals surface area contributed by atoms with Crippen LogP contribution in [0.5, 0.6) is 0 Å². The van der Waals surface area contributed by atoms with Crippen molar-refractivity contribution in [2.45, 2.75) is 39.7 Å². The van der Waals surface area contributed by atoms with E-state index in [0.717, 1.165) is 12.8 Å². The monoisotopic (exact) mass is 216 g/mol. The number of hydrogen-bond donors (Lipinski definition) is 2. The Morgan fingerprint density at radius 2 is 2.13 bits per heavy atom. The predicted octanol–water partition coefficient (Wildman–Crippen LogP) is 0.903. The number of carbonyl (C=O) groups is 1. The Kier molecular flexibility index (Phi) is 8.33. The van der Waals surface area contributed by atoms with Gasteiger partial charge in [0.2, 0.25) is 0 Å². The summed E-state index contributed by atoms with van der Waals surface area (Å²) in [4.78, 5) is 11.4. The molecule has 0 aromatic carbocycles. The van der Waals surface area contributed by atoms with Crippen LogP contribution in [0.4, 0.5) is 0 Å². The van der Waals surface area contributed by atoms with E-state index in [1.54, 1.807) is 0 Å². The van der Waals surface area contributed by atoms with Crippen LogP contribution in [0.2, 0.25) is 0 Å². The van der Waals surface area contributed by atoms with Gasteiger partial charge in [0.05, 0.1) is 12.5 Å². The van der Waals surface area contributed by atoms with Gasteiger partial charge in [0.1, 0.15) is 0 Å². The summed E-state index contributed by atoms with van der Waals surface area (Å²) < 4.78 is 5.10. The molecule has 0 spiro atoms. The van der Waals surface area contributed by atoms with Crippen molar-refractivity contribution in [3.8, 4) is 0 Å². The number of ether oxygens (including phenoxy) is 1. The average Bonchev–Trinajstić information content (AvgIpc) is 2.25. The molecule has 3 N–H and O–H groups in total. The first-order valence-electron chi connectivity index (χ1n) is 5.71. The van der Waals surface area contributed by atoms with E-state index in [9.17, 15) is 4.79 Å². The highest BCUT2D eigenvalue weighted by molar-refractivity contribution is 5.72. The van der Waals surface area contributed by atoms with Crippen LogP contribution < -0.4 is 11.1 Å². The molecule has 0 heterocycles. The zero-order valence-electron chi connectivity index (χ0n) is 10.1. The predicted molar refractivity (Wildman–Crippen MR) is 61.6 cm³/mol. The summed E-state index contributed by atoms with van der Waals surface area (Å²) in [5, 5.41) is 3.18. The molecule has 90 valence electrons. The summed E-state index contributed by atoms with van der Waals surface area (Å²) in [6.07, 6.45) is 1.98. The van der Waals surface area contributed by atoms with Gasteiger partial charge in [-0.3, -0.25) is 4.79 Å². The second kappa shape index (κ2) is 8.68. The average molecular weight is 216 g/mol. The van der Waals surface area contributed by atoms with Gasteiger partial charge in [0.25, 0.3) is 0 Å². The van der Waals surface area contributed by atoms with Crippen LogP contribution in [-0.4, -0.2) is 31.7 Å². The Morgan fingerprint density at radius 1 is 1.47 bits per heavy atom. The van der Waals surface area contributed by atoms with Crippen LogP contribution in [0.15, 0.2) is 0 Å². The summed E-state index contributed by atoms with van der Waals surface area (Å²) >= 11 is 0. The molecule has 4 nitrogen and oxygen atoms in total. The van der Waals surface area contributed by atoms with Crippen molar-refractivity contribution >= 4 is 5.97 Å². The third-order valence-electron chi connectivity index (χ3n) is 2.27. The molecule has 0 saturated carbocycles. The van der Waals surface area contributed by atoms with E-state index in [0.29, 0.717) is 19.7 Å². The lowest BCUT2D eigenvalue weighted by atomic mass is 10.1. The zero-order chi connectivity index (χ0) is 11.7. The molecule has 0 aliphatic carbocycles. The normalized spacial score (nSPS) is 14.7. The summed E-state index contributed by atoms with van der Waals surface area (Å²) in [5.74, 6) is -0.226. The quantitative estimate of drug-likeness (QED) is 0.467. The molecule has 4 heteroatoms. The summed E-state index contributed by atoms with van der Waals surface area (Å²) in [7, 11) is 0. The summed E-state index contributed by atoms with van der Waals surface area (Å²) in [6, 6.07) is 0.246. The van der Waals surface area contributed by atoms with Gasteiger partial charge < -0.3 is 15.8 Å². The number of nitrogens with one attached hydrogen (secondary N) is 1. The molecule has 0 aliphatic rings. The second-order valence-corrected chi connectivity index (χ2v) is 3.97. The number of unbranched alkanes of at least 4 members (excludes halogenated alkanes) is 1. The number of rotatable bonds is 8. The Morgan fingerprint density at radius 3 is 2.67 bits per heavy atom. The highest BCUT2D eigenvalue weighted by Crippen LogP contribution is 1.99. The Bertz CT molecular complexity index is 174. The molecule has 2 unspecified atom stereocenters. The van der Waals surface area contributed by atoms with E-state index in [1.165, 1.54) is 0 Å². The molecule has 2 atom stereocenters. The minimum absolute atomic E-state index is 0.101. The van der Waals surface area contributed by atoms with Gasteiger partial charge in [-0.05, 0) is 13.3 Å². The van der Waals surface area contributed by atoms with Gasteiger partial charge in [0.15, 0.2) is 0 Å². The first-order chi connectivity index (χ1) is 7.11. The van der Waals surface area contributed by atoms with E-state index in [4.69, 9.17) is 10.5 Å². The molecule has 0 fully saturated rings. The van der Waals surface area contributed by atoms with Gasteiger partial charge in [-0.25, -0.2) is 0 Å². The van der Waals surface area contributed by atoms with Crippen molar-refractivity contribution in [3.05, 3.63) is 0 Å². The maximum Gasteiger partial charge on any atom is 0.309 e. The van der Waals surface area contributed by atoms with Crippen molar-refractivity contribution < 1.29 is 9.53 Å². The first kappa shape index (κ1) is 14.4. The largest absolute Gasteiger partial charge is 0.465 e. The Balaban J connectivity index is 3.60. The van der Waals surface area contributed by atoms with Crippen molar-refractivity contribution in [1.29, 1.82) is 0 Å². The van der Waals surface area contributed by atoms with Crippen LogP contribution in [0, 0.1) is 5.92 Å². The van der Waals surface area contributed by atoms with Crippen LogP contribution >= 0.6 is 0 Å². The van der Waals surface area contributed by atoms with Gasteiger partial charge in [-0.1, -0.05) is 20.3 Å². The van der Waals surface area contributed by atoms with Crippen LogP contribution in [0.25, 0.3) is 0 Å². The molecule has 0 radical (unpaired) electrons. The van der Waals surface area contributed by atoms with Crippen molar-refractivity contribution in [1.82, 2.24) is 5.32 Å². The fraction of sp³-hybridized carbons (Fsp3) is 0.909. The lowest BCUT2D eigenvalue weighted by Gasteiger charge is -2.15. The topological polar surface area (TPSA) is 64.3 Å². The first-order valence-corrected chi connectivity index (χ1v) is 5.71. The minimum Gasteiger partial charge on any atom is -0.465 e. The highest BCUT2D eigenvalue weighted by Gasteiger charge is 2.14. The Hall–Kier alpha value is -0.610. The van der Waals surface area contributed by atoms with Crippen molar-refractivity contribution in [2.75, 3.05) is 19.7 Å². The number of carbonyl (C=O) groups excluding carboxylic acids is 1. The van der Waals surface area contributed by atoms with E-state index >= 15 is 0 Å². The maximum absolute atomic E-state index is 11.4. The molecule has 0 saturated heterocycles. The molecule has 0 aromatic heterocycles.